The maximum atomic E-state index is 15.7. The van der Waals surface area contributed by atoms with Crippen LogP contribution in [0.5, 0.6) is 5.75 Å². The third-order valence-corrected chi connectivity index (χ3v) is 7.03. The number of nitrogens with one attached hydrogen (secondary N) is 2. The molecule has 3 N–H and O–H groups in total. The van der Waals surface area contributed by atoms with Gasteiger partial charge >= 0.3 is 12.0 Å². The van der Waals surface area contributed by atoms with Gasteiger partial charge in [0.2, 0.25) is 11.7 Å². The first-order chi connectivity index (χ1) is 18.1. The monoisotopic (exact) mass is 603 g/mol. The lowest BCUT2D eigenvalue weighted by Crippen LogP contribution is -2.48. The zero-order valence-electron chi connectivity index (χ0n) is 20.0. The number of hydrogen-bond donors (Lipinski definition) is 3. The number of carbonyl (C=O) groups is 3. The van der Waals surface area contributed by atoms with E-state index >= 15 is 4.39 Å². The molecule has 8 nitrogen and oxygen atoms in total. The van der Waals surface area contributed by atoms with Crippen LogP contribution >= 0.6 is 27.5 Å². The standard InChI is InChI=1S/C27H24BrClFN3O5/c28-20-14-17(6-11-22(20)31-26(37)32-23-5-2-1-4-21(23)29)15-24(34)33-13-3-12-27(33,30)16-38-19-9-7-18(8-10-19)25(35)36/h1-2,4-11,14H,3,12-13,15-16H2,(H,35,36)(H2,31,32,37)/t27-/m1/s1. The molecule has 38 heavy (non-hydrogen) atoms. The summed E-state index contributed by atoms with van der Waals surface area (Å²) < 4.78 is 21.8. The molecular weight excluding hydrogens is 581 g/mol. The van der Waals surface area contributed by atoms with E-state index in [-0.39, 0.29) is 37.5 Å². The lowest BCUT2D eigenvalue weighted by Gasteiger charge is -2.31. The fraction of sp³-hybridized carbons (Fsp3) is 0.222. The van der Waals surface area contributed by atoms with Crippen molar-refractivity contribution in [2.45, 2.75) is 25.1 Å². The lowest BCUT2D eigenvalue weighted by atomic mass is 10.1. The number of benzene rings is 3. The van der Waals surface area contributed by atoms with Gasteiger partial charge in [-0.1, -0.05) is 29.8 Å². The van der Waals surface area contributed by atoms with Crippen molar-refractivity contribution in [2.24, 2.45) is 0 Å². The summed E-state index contributed by atoms with van der Waals surface area (Å²) in [5.74, 6) is -3.12. The van der Waals surface area contributed by atoms with Crippen LogP contribution in [0.2, 0.25) is 5.02 Å². The molecule has 0 unspecified atom stereocenters. The van der Waals surface area contributed by atoms with Crippen LogP contribution in [0, 0.1) is 0 Å². The molecular formula is C27H24BrClFN3O5. The normalized spacial score (nSPS) is 16.7. The molecule has 1 heterocycles. The van der Waals surface area contributed by atoms with E-state index in [2.05, 4.69) is 26.6 Å². The highest BCUT2D eigenvalue weighted by atomic mass is 79.9. The molecule has 0 bridgehead atoms. The van der Waals surface area contributed by atoms with E-state index < -0.39 is 17.8 Å². The first-order valence-corrected chi connectivity index (χ1v) is 12.9. The van der Waals surface area contributed by atoms with Crippen molar-refractivity contribution < 1.29 is 28.6 Å². The van der Waals surface area contributed by atoms with Gasteiger partial charge in [-0.05, 0) is 76.4 Å². The van der Waals surface area contributed by atoms with E-state index in [1.54, 1.807) is 42.5 Å². The summed E-state index contributed by atoms with van der Waals surface area (Å²) in [7, 11) is 0. The van der Waals surface area contributed by atoms with Gasteiger partial charge in [-0.2, -0.15) is 0 Å². The number of hydrogen-bond acceptors (Lipinski definition) is 4. The second-order valence-electron chi connectivity index (χ2n) is 8.74. The molecule has 0 radical (unpaired) electrons. The molecule has 198 valence electrons. The first kappa shape index (κ1) is 27.4. The molecule has 1 fully saturated rings. The third-order valence-electron chi connectivity index (χ3n) is 6.05. The maximum absolute atomic E-state index is 15.7. The van der Waals surface area contributed by atoms with Crippen molar-refractivity contribution in [1.29, 1.82) is 0 Å². The van der Waals surface area contributed by atoms with Gasteiger partial charge in [0.15, 0.2) is 0 Å². The van der Waals surface area contributed by atoms with Crippen LogP contribution in [0.15, 0.2) is 71.2 Å². The molecule has 1 aliphatic rings. The Balaban J connectivity index is 1.35. The van der Waals surface area contributed by atoms with Crippen LogP contribution in [0.1, 0.15) is 28.8 Å². The number of carboxylic acid groups (broad SMARTS) is 1. The Labute approximate surface area is 231 Å². The number of amides is 3. The first-order valence-electron chi connectivity index (χ1n) is 11.7. The predicted octanol–water partition coefficient (Wildman–Crippen LogP) is 6.35. The van der Waals surface area contributed by atoms with Crippen LogP contribution in [-0.2, 0) is 11.2 Å². The average Bonchev–Trinajstić information content (AvgIpc) is 3.28. The van der Waals surface area contributed by atoms with Crippen molar-refractivity contribution in [3.63, 3.8) is 0 Å². The zero-order chi connectivity index (χ0) is 27.3. The summed E-state index contributed by atoms with van der Waals surface area (Å²) in [6.45, 7) is -0.0993. The Kier molecular flexibility index (Phi) is 8.53. The molecule has 4 rings (SSSR count). The largest absolute Gasteiger partial charge is 0.488 e. The summed E-state index contributed by atoms with van der Waals surface area (Å²) >= 11 is 9.48. The number of halogens is 3. The highest BCUT2D eigenvalue weighted by molar-refractivity contribution is 9.10. The number of anilines is 2. The van der Waals surface area contributed by atoms with Gasteiger partial charge in [-0.3, -0.25) is 4.79 Å². The number of aromatic carboxylic acids is 1. The van der Waals surface area contributed by atoms with Crippen LogP contribution < -0.4 is 15.4 Å². The van der Waals surface area contributed by atoms with E-state index in [1.165, 1.54) is 29.2 Å². The number of likely N-dealkylation sites (tertiary alicyclic amines) is 1. The second-order valence-corrected chi connectivity index (χ2v) is 10.00. The van der Waals surface area contributed by atoms with Gasteiger partial charge < -0.3 is 25.4 Å². The van der Waals surface area contributed by atoms with E-state index in [0.29, 0.717) is 38.6 Å². The molecule has 0 aromatic heterocycles. The fourth-order valence-electron chi connectivity index (χ4n) is 4.11. The number of alkyl halides is 1. The smallest absolute Gasteiger partial charge is 0.335 e. The minimum absolute atomic E-state index is 0.0380. The second kappa shape index (κ2) is 11.8. The molecule has 0 saturated carbocycles. The lowest BCUT2D eigenvalue weighted by molar-refractivity contribution is -0.144. The average molecular weight is 605 g/mol. The van der Waals surface area contributed by atoms with Crippen molar-refractivity contribution in [3.05, 3.63) is 87.4 Å². The Morgan fingerprint density at radius 3 is 2.45 bits per heavy atom. The SMILES string of the molecule is O=C(Nc1ccccc1Cl)Nc1ccc(CC(=O)N2CCC[C@]2(F)COc2ccc(C(=O)O)cc2)cc1Br. The summed E-state index contributed by atoms with van der Waals surface area (Å²) in [6.07, 6.45) is 0.597. The maximum Gasteiger partial charge on any atom is 0.335 e. The van der Waals surface area contributed by atoms with Crippen LogP contribution in [0.25, 0.3) is 0 Å². The van der Waals surface area contributed by atoms with Gasteiger partial charge in [-0.25, -0.2) is 14.0 Å². The number of rotatable bonds is 8. The number of ether oxygens (including phenoxy) is 1. The minimum Gasteiger partial charge on any atom is -0.488 e. The van der Waals surface area contributed by atoms with Gasteiger partial charge in [0.05, 0.1) is 28.4 Å². The molecule has 3 amide bonds. The summed E-state index contributed by atoms with van der Waals surface area (Å²) in [5.41, 5.74) is 1.68. The topological polar surface area (TPSA) is 108 Å². The number of carboxylic acids is 1. The van der Waals surface area contributed by atoms with Gasteiger partial charge in [0, 0.05) is 17.4 Å². The van der Waals surface area contributed by atoms with Gasteiger partial charge in [0.25, 0.3) is 0 Å². The quantitative estimate of drug-likeness (QED) is 0.260. The molecule has 1 atom stereocenters. The highest BCUT2D eigenvalue weighted by Gasteiger charge is 2.44. The molecule has 3 aromatic carbocycles. The van der Waals surface area contributed by atoms with Crippen LogP contribution in [0.3, 0.4) is 0 Å². The highest BCUT2D eigenvalue weighted by Crippen LogP contribution is 2.33. The van der Waals surface area contributed by atoms with Crippen molar-refractivity contribution >= 4 is 56.8 Å². The number of carbonyl (C=O) groups excluding carboxylic acids is 2. The summed E-state index contributed by atoms with van der Waals surface area (Å²) in [5, 5.41) is 14.8. The summed E-state index contributed by atoms with van der Waals surface area (Å²) in [4.78, 5) is 37.6. The molecule has 1 aliphatic heterocycles. The van der Waals surface area contributed by atoms with E-state index in [0.717, 1.165) is 0 Å². The summed E-state index contributed by atoms with van der Waals surface area (Å²) in [6, 6.07) is 17.0. The molecule has 0 spiro atoms. The van der Waals surface area contributed by atoms with Crippen molar-refractivity contribution in [3.8, 4) is 5.75 Å². The van der Waals surface area contributed by atoms with Crippen LogP contribution in [0.4, 0.5) is 20.6 Å². The Morgan fingerprint density at radius 1 is 1.05 bits per heavy atom. The fourth-order valence-corrected chi connectivity index (χ4v) is 4.82. The number of nitrogens with zero attached hydrogens (tertiary/aromatic N) is 1. The third kappa shape index (κ3) is 6.62. The molecule has 0 aliphatic carbocycles. The van der Waals surface area contributed by atoms with E-state index in [9.17, 15) is 14.4 Å². The minimum atomic E-state index is -1.97. The Hall–Kier alpha value is -3.63. The number of para-hydroxylation sites is 1. The number of urea groups is 1. The van der Waals surface area contributed by atoms with Gasteiger partial charge in [0.1, 0.15) is 12.4 Å². The molecule has 1 saturated heterocycles. The zero-order valence-corrected chi connectivity index (χ0v) is 22.4. The van der Waals surface area contributed by atoms with Crippen LogP contribution in [-0.4, -0.2) is 46.9 Å². The van der Waals surface area contributed by atoms with Crippen molar-refractivity contribution in [2.75, 3.05) is 23.8 Å². The van der Waals surface area contributed by atoms with E-state index in [4.69, 9.17) is 21.4 Å². The molecule has 11 heteroatoms. The Bertz CT molecular complexity index is 1360. The van der Waals surface area contributed by atoms with Crippen molar-refractivity contribution in [1.82, 2.24) is 4.90 Å². The van der Waals surface area contributed by atoms with Gasteiger partial charge in [-0.15, -0.1) is 0 Å². The Morgan fingerprint density at radius 2 is 1.76 bits per heavy atom. The predicted molar refractivity (Wildman–Crippen MR) is 146 cm³/mol. The molecule has 3 aromatic rings. The van der Waals surface area contributed by atoms with E-state index in [1.807, 2.05) is 0 Å².